The fraction of sp³-hybridized carbons (Fsp3) is 0.481. The number of fused-ring (bicyclic) bond motifs is 1. The van der Waals surface area contributed by atoms with Crippen LogP contribution in [0.4, 0.5) is 17.6 Å². The maximum Gasteiger partial charge on any atom is 0.573 e. The highest BCUT2D eigenvalue weighted by Crippen LogP contribution is 2.42. The topological polar surface area (TPSA) is 9.23 Å². The SMILES string of the molecule is C=CCCC1CCC(C2CCc3c(ccc(-c4ccc(OC(F)(F)F)cc4)c3F)C2)CC1. The summed E-state index contributed by atoms with van der Waals surface area (Å²) in [5.41, 5.74) is 2.85. The molecular weight excluding hydrogens is 416 g/mol. The Labute approximate surface area is 187 Å². The fourth-order valence-electron chi connectivity index (χ4n) is 5.60. The molecule has 0 spiro atoms. The largest absolute Gasteiger partial charge is 0.573 e. The Kier molecular flexibility index (Phi) is 6.92. The quantitative estimate of drug-likeness (QED) is 0.320. The molecule has 1 nitrogen and oxygen atoms in total. The standard InChI is InChI=1S/C27H30F4O/c1-2-3-4-18-5-7-19(8-6-18)21-11-15-25-22(17-21)12-16-24(26(25)28)20-9-13-23(14-10-20)32-27(29,30)31/h2,9-10,12-14,16,18-19,21H,1,3-8,11,15,17H2. The highest BCUT2D eigenvalue weighted by Gasteiger charge is 2.32. The molecule has 0 radical (unpaired) electrons. The van der Waals surface area contributed by atoms with Crippen molar-refractivity contribution in [1.82, 2.24) is 0 Å². The van der Waals surface area contributed by atoms with Crippen molar-refractivity contribution in [3.8, 4) is 16.9 Å². The second-order valence-electron chi connectivity index (χ2n) is 9.29. The van der Waals surface area contributed by atoms with Crippen molar-refractivity contribution in [2.24, 2.45) is 17.8 Å². The molecule has 32 heavy (non-hydrogen) atoms. The van der Waals surface area contributed by atoms with Crippen molar-refractivity contribution in [2.75, 3.05) is 0 Å². The number of rotatable bonds is 6. The molecule has 2 aliphatic rings. The number of halogens is 4. The Bertz CT molecular complexity index is 924. The molecule has 2 aromatic carbocycles. The van der Waals surface area contributed by atoms with Crippen molar-refractivity contribution in [1.29, 1.82) is 0 Å². The molecule has 4 rings (SSSR count). The molecule has 0 bridgehead atoms. The lowest BCUT2D eigenvalue weighted by Gasteiger charge is -2.36. The molecule has 0 heterocycles. The second kappa shape index (κ2) is 9.68. The van der Waals surface area contributed by atoms with E-state index >= 15 is 4.39 Å². The first-order chi connectivity index (χ1) is 15.3. The average molecular weight is 447 g/mol. The van der Waals surface area contributed by atoms with Crippen LogP contribution in [0.5, 0.6) is 5.75 Å². The summed E-state index contributed by atoms with van der Waals surface area (Å²) in [5, 5.41) is 0. The van der Waals surface area contributed by atoms with E-state index in [-0.39, 0.29) is 11.6 Å². The minimum absolute atomic E-state index is 0.237. The van der Waals surface area contributed by atoms with Crippen molar-refractivity contribution in [3.63, 3.8) is 0 Å². The van der Waals surface area contributed by atoms with Gasteiger partial charge in [-0.05, 0) is 91.5 Å². The normalized spacial score (nSPS) is 23.4. The molecule has 0 aromatic heterocycles. The zero-order valence-corrected chi connectivity index (χ0v) is 18.3. The molecule has 0 amide bonds. The molecule has 1 unspecified atom stereocenters. The van der Waals surface area contributed by atoms with E-state index < -0.39 is 6.36 Å². The van der Waals surface area contributed by atoms with Crippen LogP contribution in [-0.4, -0.2) is 6.36 Å². The van der Waals surface area contributed by atoms with Gasteiger partial charge in [0.05, 0.1) is 0 Å². The minimum atomic E-state index is -4.74. The average Bonchev–Trinajstić information content (AvgIpc) is 2.78. The molecule has 1 fully saturated rings. The Balaban J connectivity index is 1.42. The molecular formula is C27H30F4O. The Morgan fingerprint density at radius 3 is 2.31 bits per heavy atom. The van der Waals surface area contributed by atoms with E-state index in [0.29, 0.717) is 17.0 Å². The van der Waals surface area contributed by atoms with Gasteiger partial charge in [-0.2, -0.15) is 0 Å². The van der Waals surface area contributed by atoms with Gasteiger partial charge in [0.1, 0.15) is 11.6 Å². The summed E-state index contributed by atoms with van der Waals surface area (Å²) in [4.78, 5) is 0. The lowest BCUT2D eigenvalue weighted by atomic mass is 9.69. The number of allylic oxidation sites excluding steroid dienone is 1. The summed E-state index contributed by atoms with van der Waals surface area (Å²) < 4.78 is 56.3. The van der Waals surface area contributed by atoms with Gasteiger partial charge in [0.25, 0.3) is 0 Å². The van der Waals surface area contributed by atoms with E-state index in [2.05, 4.69) is 11.3 Å². The minimum Gasteiger partial charge on any atom is -0.406 e. The summed E-state index contributed by atoms with van der Waals surface area (Å²) in [6.07, 6.45) is 7.42. The van der Waals surface area contributed by atoms with E-state index in [1.54, 1.807) is 6.07 Å². The van der Waals surface area contributed by atoms with Gasteiger partial charge < -0.3 is 4.74 Å². The van der Waals surface area contributed by atoms with Gasteiger partial charge in [-0.1, -0.05) is 43.2 Å². The summed E-state index contributed by atoms with van der Waals surface area (Å²) >= 11 is 0. The smallest absolute Gasteiger partial charge is 0.406 e. The first-order valence-electron chi connectivity index (χ1n) is 11.6. The van der Waals surface area contributed by atoms with Gasteiger partial charge in [-0.3, -0.25) is 0 Å². The zero-order valence-electron chi connectivity index (χ0n) is 18.3. The van der Waals surface area contributed by atoms with Crippen molar-refractivity contribution >= 4 is 0 Å². The maximum atomic E-state index is 15.3. The monoisotopic (exact) mass is 446 g/mol. The van der Waals surface area contributed by atoms with Crippen LogP contribution in [-0.2, 0) is 12.8 Å². The van der Waals surface area contributed by atoms with E-state index in [1.807, 2.05) is 12.1 Å². The molecule has 1 saturated carbocycles. The molecule has 2 aliphatic carbocycles. The number of hydrogen-bond acceptors (Lipinski definition) is 1. The lowest BCUT2D eigenvalue weighted by molar-refractivity contribution is -0.274. The van der Waals surface area contributed by atoms with E-state index in [4.69, 9.17) is 0 Å². The third kappa shape index (κ3) is 5.36. The molecule has 0 aliphatic heterocycles. The third-order valence-electron chi connectivity index (χ3n) is 7.32. The highest BCUT2D eigenvalue weighted by atomic mass is 19.4. The molecule has 2 aromatic rings. The molecule has 172 valence electrons. The number of ether oxygens (including phenoxy) is 1. The molecule has 0 saturated heterocycles. The summed E-state index contributed by atoms with van der Waals surface area (Å²) in [6.45, 7) is 3.83. The first kappa shape index (κ1) is 22.9. The second-order valence-corrected chi connectivity index (χ2v) is 9.29. The van der Waals surface area contributed by atoms with Gasteiger partial charge in [0.2, 0.25) is 0 Å². The Morgan fingerprint density at radius 1 is 0.938 bits per heavy atom. The summed E-state index contributed by atoms with van der Waals surface area (Å²) in [5.74, 6) is 1.63. The zero-order chi connectivity index (χ0) is 22.7. The van der Waals surface area contributed by atoms with Crippen LogP contribution >= 0.6 is 0 Å². The molecule has 0 N–H and O–H groups in total. The van der Waals surface area contributed by atoms with E-state index in [0.717, 1.165) is 48.6 Å². The summed E-state index contributed by atoms with van der Waals surface area (Å²) in [7, 11) is 0. The van der Waals surface area contributed by atoms with Gasteiger partial charge in [-0.25, -0.2) is 4.39 Å². The van der Waals surface area contributed by atoms with Gasteiger partial charge in [0, 0.05) is 5.56 Å². The van der Waals surface area contributed by atoms with Gasteiger partial charge >= 0.3 is 6.36 Å². The fourth-order valence-corrected chi connectivity index (χ4v) is 5.60. The Hall–Kier alpha value is -2.30. The summed E-state index contributed by atoms with van der Waals surface area (Å²) in [6, 6.07) is 9.18. The van der Waals surface area contributed by atoms with Crippen molar-refractivity contribution in [2.45, 2.75) is 64.1 Å². The van der Waals surface area contributed by atoms with E-state index in [9.17, 15) is 13.2 Å². The first-order valence-corrected chi connectivity index (χ1v) is 11.6. The third-order valence-corrected chi connectivity index (χ3v) is 7.32. The maximum absolute atomic E-state index is 15.3. The van der Waals surface area contributed by atoms with E-state index in [1.165, 1.54) is 56.4 Å². The Morgan fingerprint density at radius 2 is 1.66 bits per heavy atom. The highest BCUT2D eigenvalue weighted by molar-refractivity contribution is 5.67. The van der Waals surface area contributed by atoms with Gasteiger partial charge in [0.15, 0.2) is 0 Å². The van der Waals surface area contributed by atoms with Gasteiger partial charge in [-0.15, -0.1) is 19.8 Å². The van der Waals surface area contributed by atoms with Crippen LogP contribution in [0.1, 0.15) is 56.1 Å². The van der Waals surface area contributed by atoms with Crippen molar-refractivity contribution in [3.05, 3.63) is 66.0 Å². The molecule has 5 heteroatoms. The molecule has 1 atom stereocenters. The predicted octanol–water partition coefficient (Wildman–Crippen LogP) is 8.27. The predicted molar refractivity (Wildman–Crippen MR) is 119 cm³/mol. The van der Waals surface area contributed by atoms with Crippen molar-refractivity contribution < 1.29 is 22.3 Å². The van der Waals surface area contributed by atoms with Crippen LogP contribution in [0, 0.1) is 23.6 Å². The number of hydrogen-bond donors (Lipinski definition) is 0. The van der Waals surface area contributed by atoms with Crippen LogP contribution in [0.3, 0.4) is 0 Å². The van der Waals surface area contributed by atoms with Crippen LogP contribution in [0.25, 0.3) is 11.1 Å². The van der Waals surface area contributed by atoms with Crippen LogP contribution in [0.15, 0.2) is 49.1 Å². The number of alkyl halides is 3. The van der Waals surface area contributed by atoms with Crippen LogP contribution < -0.4 is 4.74 Å². The van der Waals surface area contributed by atoms with Crippen LogP contribution in [0.2, 0.25) is 0 Å². The number of benzene rings is 2. The lowest BCUT2D eigenvalue weighted by Crippen LogP contribution is -2.27.